The maximum absolute atomic E-state index is 12.9. The molecule has 0 spiro atoms. The molecule has 5 rings (SSSR count). The zero-order valence-corrected chi connectivity index (χ0v) is 16.4. The van der Waals surface area contributed by atoms with Gasteiger partial charge in [0.1, 0.15) is 11.3 Å². The number of sulfonamides is 1. The van der Waals surface area contributed by atoms with Crippen molar-refractivity contribution in [1.29, 1.82) is 0 Å². The van der Waals surface area contributed by atoms with Crippen LogP contribution < -0.4 is 4.72 Å². The normalized spacial score (nSPS) is 17.0. The fourth-order valence-electron chi connectivity index (χ4n) is 4.06. The van der Waals surface area contributed by atoms with Crippen LogP contribution in [-0.2, 0) is 22.9 Å². The molecule has 4 aromatic rings. The minimum Gasteiger partial charge on any atom is -0.461 e. The third-order valence-corrected chi connectivity index (χ3v) is 6.96. The molecule has 0 unspecified atom stereocenters. The van der Waals surface area contributed by atoms with Crippen LogP contribution in [0.2, 0.25) is 0 Å². The number of furan rings is 1. The molecule has 3 aromatic carbocycles. The lowest BCUT2D eigenvalue weighted by molar-refractivity contribution is 0.426. The van der Waals surface area contributed by atoms with Crippen molar-refractivity contribution in [1.82, 2.24) is 0 Å². The fraction of sp³-hybridized carbons (Fsp3) is 0.217. The lowest BCUT2D eigenvalue weighted by Gasteiger charge is -2.16. The number of nitrogens with one attached hydrogen (secondary N) is 1. The highest BCUT2D eigenvalue weighted by molar-refractivity contribution is 7.92. The molecule has 0 bridgehead atoms. The Morgan fingerprint density at radius 2 is 1.82 bits per heavy atom. The van der Waals surface area contributed by atoms with Crippen LogP contribution in [0.25, 0.3) is 21.7 Å². The van der Waals surface area contributed by atoms with E-state index in [1.165, 1.54) is 5.56 Å². The molecule has 1 atom stereocenters. The van der Waals surface area contributed by atoms with Crippen LogP contribution in [0.5, 0.6) is 0 Å². The van der Waals surface area contributed by atoms with Crippen LogP contribution in [0.1, 0.15) is 24.7 Å². The molecule has 1 aromatic heterocycles. The molecule has 1 heterocycles. The highest BCUT2D eigenvalue weighted by Gasteiger charge is 2.22. The average Bonchev–Trinajstić information content (AvgIpc) is 3.04. The van der Waals surface area contributed by atoms with Crippen molar-refractivity contribution in [3.8, 4) is 0 Å². The third kappa shape index (κ3) is 2.96. The van der Waals surface area contributed by atoms with E-state index in [-0.39, 0.29) is 4.90 Å². The molecule has 28 heavy (non-hydrogen) atoms. The SMILES string of the molecule is C[C@H]1CCc2c(oc3ccc(NS(=O)(=O)c4ccc5ccccc5c4)cc23)C1. The first-order valence-corrected chi connectivity index (χ1v) is 11.0. The Kier molecular flexibility index (Phi) is 3.95. The minimum absolute atomic E-state index is 0.259. The fourth-order valence-corrected chi connectivity index (χ4v) is 5.14. The Balaban J connectivity index is 1.51. The van der Waals surface area contributed by atoms with Gasteiger partial charge in [-0.25, -0.2) is 8.42 Å². The molecular weight excluding hydrogens is 370 g/mol. The first-order valence-electron chi connectivity index (χ1n) is 9.55. The summed E-state index contributed by atoms with van der Waals surface area (Å²) in [6.07, 6.45) is 3.06. The van der Waals surface area contributed by atoms with Crippen molar-refractivity contribution in [2.45, 2.75) is 31.1 Å². The van der Waals surface area contributed by atoms with Crippen LogP contribution in [0.4, 0.5) is 5.69 Å². The third-order valence-electron chi connectivity index (χ3n) is 5.58. The molecule has 0 amide bonds. The zero-order valence-electron chi connectivity index (χ0n) is 15.6. The summed E-state index contributed by atoms with van der Waals surface area (Å²) in [5.74, 6) is 1.67. The average molecular weight is 391 g/mol. The second-order valence-electron chi connectivity index (χ2n) is 7.68. The van der Waals surface area contributed by atoms with Crippen molar-refractivity contribution >= 4 is 37.5 Å². The molecule has 0 saturated heterocycles. The number of fused-ring (bicyclic) bond motifs is 4. The molecule has 0 radical (unpaired) electrons. The second kappa shape index (κ2) is 6.38. The maximum atomic E-state index is 12.9. The number of benzene rings is 3. The van der Waals surface area contributed by atoms with Crippen LogP contribution in [0.3, 0.4) is 0 Å². The summed E-state index contributed by atoms with van der Waals surface area (Å²) in [4.78, 5) is 0.259. The van der Waals surface area contributed by atoms with E-state index in [1.807, 2.05) is 42.5 Å². The van der Waals surface area contributed by atoms with E-state index in [9.17, 15) is 8.42 Å². The predicted octanol–water partition coefficient (Wildman–Crippen LogP) is 5.51. The molecule has 4 nitrogen and oxygen atoms in total. The monoisotopic (exact) mass is 391 g/mol. The van der Waals surface area contributed by atoms with Gasteiger partial charge in [-0.1, -0.05) is 37.3 Å². The van der Waals surface area contributed by atoms with Gasteiger partial charge < -0.3 is 4.42 Å². The Morgan fingerprint density at radius 1 is 1.00 bits per heavy atom. The van der Waals surface area contributed by atoms with Gasteiger partial charge in [0.2, 0.25) is 0 Å². The summed E-state index contributed by atoms with van der Waals surface area (Å²) in [5, 5.41) is 2.93. The van der Waals surface area contributed by atoms with Gasteiger partial charge >= 0.3 is 0 Å². The number of anilines is 1. The molecule has 5 heteroatoms. The van der Waals surface area contributed by atoms with Crippen LogP contribution in [0.15, 0.2) is 70.0 Å². The lowest BCUT2D eigenvalue weighted by Crippen LogP contribution is -2.13. The summed E-state index contributed by atoms with van der Waals surface area (Å²) in [7, 11) is -3.67. The van der Waals surface area contributed by atoms with Gasteiger partial charge in [-0.15, -0.1) is 0 Å². The quantitative estimate of drug-likeness (QED) is 0.501. The summed E-state index contributed by atoms with van der Waals surface area (Å²) >= 11 is 0. The Labute approximate surface area is 164 Å². The smallest absolute Gasteiger partial charge is 0.261 e. The summed E-state index contributed by atoms with van der Waals surface area (Å²) in [5.41, 5.74) is 2.61. The van der Waals surface area contributed by atoms with E-state index < -0.39 is 10.0 Å². The highest BCUT2D eigenvalue weighted by atomic mass is 32.2. The molecule has 1 N–H and O–H groups in total. The summed E-state index contributed by atoms with van der Waals surface area (Å²) in [6, 6.07) is 18.4. The van der Waals surface area contributed by atoms with Gasteiger partial charge in [0, 0.05) is 23.1 Å². The van der Waals surface area contributed by atoms with Crippen molar-refractivity contribution in [2.24, 2.45) is 5.92 Å². The highest BCUT2D eigenvalue weighted by Crippen LogP contribution is 2.35. The Hall–Kier alpha value is -2.79. The van der Waals surface area contributed by atoms with E-state index in [0.29, 0.717) is 11.6 Å². The molecule has 142 valence electrons. The first-order chi connectivity index (χ1) is 13.5. The van der Waals surface area contributed by atoms with Crippen molar-refractivity contribution < 1.29 is 12.8 Å². The molecule has 0 fully saturated rings. The lowest BCUT2D eigenvalue weighted by atomic mass is 9.88. The molecule has 0 aliphatic heterocycles. The van der Waals surface area contributed by atoms with Crippen LogP contribution in [-0.4, -0.2) is 8.42 Å². The summed E-state index contributed by atoms with van der Waals surface area (Å²) < 4.78 is 34.6. The number of hydrogen-bond acceptors (Lipinski definition) is 3. The van der Waals surface area contributed by atoms with E-state index in [4.69, 9.17) is 4.42 Å². The van der Waals surface area contributed by atoms with E-state index in [2.05, 4.69) is 11.6 Å². The van der Waals surface area contributed by atoms with E-state index in [1.54, 1.807) is 18.2 Å². The maximum Gasteiger partial charge on any atom is 0.261 e. The second-order valence-corrected chi connectivity index (χ2v) is 9.36. The largest absolute Gasteiger partial charge is 0.461 e. The first kappa shape index (κ1) is 17.3. The predicted molar refractivity (Wildman–Crippen MR) is 112 cm³/mol. The summed E-state index contributed by atoms with van der Waals surface area (Å²) in [6.45, 7) is 2.24. The van der Waals surface area contributed by atoms with E-state index in [0.717, 1.165) is 46.8 Å². The standard InChI is InChI=1S/C23H21NO3S/c1-15-6-10-20-21-14-18(8-11-22(21)27-23(20)12-15)24-28(25,26)19-9-7-16-4-2-3-5-17(16)13-19/h2-5,7-9,11,13-15,24H,6,10,12H2,1H3/t15-/m0/s1. The van der Waals surface area contributed by atoms with Gasteiger partial charge in [-0.05, 0) is 59.9 Å². The van der Waals surface area contributed by atoms with Gasteiger partial charge in [-0.3, -0.25) is 4.72 Å². The number of rotatable bonds is 3. The molecule has 0 saturated carbocycles. The minimum atomic E-state index is -3.67. The van der Waals surface area contributed by atoms with Gasteiger partial charge in [0.05, 0.1) is 4.90 Å². The van der Waals surface area contributed by atoms with Crippen molar-refractivity contribution in [2.75, 3.05) is 4.72 Å². The Bertz CT molecular complexity index is 1300. The van der Waals surface area contributed by atoms with E-state index >= 15 is 0 Å². The number of aryl methyl sites for hydroxylation is 1. The molecule has 1 aliphatic carbocycles. The molecular formula is C23H21NO3S. The number of hydrogen-bond donors (Lipinski definition) is 1. The topological polar surface area (TPSA) is 59.3 Å². The van der Waals surface area contributed by atoms with Crippen LogP contribution in [0, 0.1) is 5.92 Å². The van der Waals surface area contributed by atoms with Crippen molar-refractivity contribution in [3.05, 3.63) is 72.0 Å². The molecule has 1 aliphatic rings. The zero-order chi connectivity index (χ0) is 19.3. The van der Waals surface area contributed by atoms with Crippen LogP contribution >= 0.6 is 0 Å². The van der Waals surface area contributed by atoms with Gasteiger partial charge in [-0.2, -0.15) is 0 Å². The van der Waals surface area contributed by atoms with Gasteiger partial charge in [0.15, 0.2) is 0 Å². The van der Waals surface area contributed by atoms with Gasteiger partial charge in [0.25, 0.3) is 10.0 Å². The Morgan fingerprint density at radius 3 is 2.68 bits per heavy atom. The van der Waals surface area contributed by atoms with Crippen molar-refractivity contribution in [3.63, 3.8) is 0 Å².